The van der Waals surface area contributed by atoms with Crippen molar-refractivity contribution in [1.82, 2.24) is 15.2 Å². The van der Waals surface area contributed by atoms with Crippen LogP contribution in [0.4, 0.5) is 5.69 Å². The monoisotopic (exact) mass is 542 g/mol. The van der Waals surface area contributed by atoms with E-state index in [0.29, 0.717) is 29.0 Å². The van der Waals surface area contributed by atoms with Crippen LogP contribution in [0.3, 0.4) is 0 Å². The van der Waals surface area contributed by atoms with Crippen molar-refractivity contribution in [2.24, 2.45) is 0 Å². The Kier molecular flexibility index (Phi) is 11.4. The van der Waals surface area contributed by atoms with Crippen LogP contribution in [0, 0.1) is 20.8 Å². The van der Waals surface area contributed by atoms with E-state index in [4.69, 9.17) is 9.47 Å². The maximum Gasteiger partial charge on any atom is 0.253 e. The van der Waals surface area contributed by atoms with Crippen molar-refractivity contribution in [3.63, 3.8) is 0 Å². The number of aryl methyl sites for hydroxylation is 2. The van der Waals surface area contributed by atoms with E-state index in [1.807, 2.05) is 32.9 Å². The zero-order valence-corrected chi connectivity index (χ0v) is 24.4. The van der Waals surface area contributed by atoms with Crippen molar-refractivity contribution in [2.45, 2.75) is 72.0 Å². The van der Waals surface area contributed by atoms with Crippen molar-refractivity contribution in [3.05, 3.63) is 56.5 Å². The molecule has 3 N–H and O–H groups in total. The smallest absolute Gasteiger partial charge is 0.253 e. The Labute approximate surface area is 232 Å². The Morgan fingerprint density at radius 1 is 1.10 bits per heavy atom. The van der Waals surface area contributed by atoms with Crippen LogP contribution >= 0.6 is 0 Å². The number of methoxy groups -OCH3 is 1. The van der Waals surface area contributed by atoms with E-state index in [-0.39, 0.29) is 31.2 Å². The maximum atomic E-state index is 13.4. The van der Waals surface area contributed by atoms with E-state index in [9.17, 15) is 14.7 Å². The van der Waals surface area contributed by atoms with E-state index < -0.39 is 0 Å². The molecule has 0 saturated heterocycles. The summed E-state index contributed by atoms with van der Waals surface area (Å²) in [6, 6.07) is 6.52. The highest BCUT2D eigenvalue weighted by Gasteiger charge is 2.29. The van der Waals surface area contributed by atoms with Gasteiger partial charge in [-0.1, -0.05) is 0 Å². The molecule has 1 fully saturated rings. The molecule has 0 unspecified atom stereocenters. The summed E-state index contributed by atoms with van der Waals surface area (Å²) >= 11 is 0. The molecule has 3 rings (SSSR count). The minimum absolute atomic E-state index is 0.113. The molecule has 216 valence electrons. The summed E-state index contributed by atoms with van der Waals surface area (Å²) in [5, 5.41) is 12.3. The summed E-state index contributed by atoms with van der Waals surface area (Å²) in [5.74, 6) is 0.285. The van der Waals surface area contributed by atoms with Gasteiger partial charge >= 0.3 is 0 Å². The highest BCUT2D eigenvalue weighted by Crippen LogP contribution is 2.35. The number of pyridine rings is 1. The fraction of sp³-hybridized carbons (Fsp3) is 0.600. The molecular formula is C30H46N4O5. The average Bonchev–Trinajstić information content (AvgIpc) is 2.91. The number of rotatable bonds is 13. The van der Waals surface area contributed by atoms with E-state index in [1.165, 1.54) is 0 Å². The number of aliphatic hydroxyl groups excluding tert-OH is 1. The van der Waals surface area contributed by atoms with Crippen LogP contribution in [0.1, 0.15) is 65.3 Å². The van der Waals surface area contributed by atoms with Crippen molar-refractivity contribution >= 4 is 11.6 Å². The number of amides is 1. The molecule has 1 aliphatic rings. The third-order valence-electron chi connectivity index (χ3n) is 7.91. The normalized spacial score (nSPS) is 17.3. The van der Waals surface area contributed by atoms with Gasteiger partial charge in [-0.15, -0.1) is 0 Å². The molecule has 9 nitrogen and oxygen atoms in total. The zero-order valence-electron chi connectivity index (χ0n) is 24.4. The highest BCUT2D eigenvalue weighted by atomic mass is 16.5. The number of nitrogens with one attached hydrogen (secondary N) is 2. The Bertz CT molecular complexity index is 1160. The molecule has 2 aromatic rings. The number of aliphatic hydroxyl groups is 1. The first kappa shape index (κ1) is 30.7. The van der Waals surface area contributed by atoms with Crippen molar-refractivity contribution < 1.29 is 19.4 Å². The van der Waals surface area contributed by atoms with Gasteiger partial charge in [0.2, 0.25) is 0 Å². The Morgan fingerprint density at radius 2 is 1.79 bits per heavy atom. The van der Waals surface area contributed by atoms with Gasteiger partial charge in [-0.05, 0) is 83.7 Å². The summed E-state index contributed by atoms with van der Waals surface area (Å²) in [6.45, 7) is 10.5. The predicted octanol–water partition coefficient (Wildman–Crippen LogP) is 3.32. The molecule has 0 radical (unpaired) electrons. The van der Waals surface area contributed by atoms with Crippen LogP contribution in [-0.4, -0.2) is 80.0 Å². The summed E-state index contributed by atoms with van der Waals surface area (Å²) in [7, 11) is 3.91. The average molecular weight is 543 g/mol. The van der Waals surface area contributed by atoms with Crippen LogP contribution in [0.25, 0.3) is 0 Å². The number of carbonyl (C=O) groups is 1. The van der Waals surface area contributed by atoms with Gasteiger partial charge in [-0.25, -0.2) is 0 Å². The molecular weight excluding hydrogens is 496 g/mol. The van der Waals surface area contributed by atoms with Crippen molar-refractivity contribution in [1.29, 1.82) is 0 Å². The van der Waals surface area contributed by atoms with E-state index >= 15 is 0 Å². The maximum absolute atomic E-state index is 13.4. The number of nitrogens with zero attached hydrogens (tertiary/aromatic N) is 2. The van der Waals surface area contributed by atoms with Gasteiger partial charge in [0, 0.05) is 67.4 Å². The van der Waals surface area contributed by atoms with Crippen molar-refractivity contribution in [3.8, 4) is 5.75 Å². The lowest BCUT2D eigenvalue weighted by Gasteiger charge is -2.41. The van der Waals surface area contributed by atoms with Gasteiger partial charge in [0.15, 0.2) is 0 Å². The second-order valence-electron chi connectivity index (χ2n) is 10.5. The summed E-state index contributed by atoms with van der Waals surface area (Å²) in [6.07, 6.45) is 4.35. The Morgan fingerprint density at radius 3 is 2.41 bits per heavy atom. The SMILES string of the molecule is CCN(c1cc(OCCO)cc(C(=O)NCc2c(C)cc(C)[nH]c2=O)c1C)[C@H]1CC[C@H](N(C)CCOC)CC1. The molecule has 1 heterocycles. The summed E-state index contributed by atoms with van der Waals surface area (Å²) in [5.41, 5.74) is 4.34. The number of hydrogen-bond acceptors (Lipinski definition) is 7. The first-order chi connectivity index (χ1) is 18.7. The minimum Gasteiger partial charge on any atom is -0.491 e. The predicted molar refractivity (Wildman–Crippen MR) is 155 cm³/mol. The van der Waals surface area contributed by atoms with Gasteiger partial charge in [0.1, 0.15) is 12.4 Å². The molecule has 1 aromatic heterocycles. The molecule has 0 atom stereocenters. The lowest BCUT2D eigenvalue weighted by Crippen LogP contribution is -2.44. The second-order valence-corrected chi connectivity index (χ2v) is 10.5. The number of likely N-dealkylation sites (N-methyl/N-ethyl adjacent to an activating group) is 1. The van der Waals surface area contributed by atoms with Gasteiger partial charge < -0.3 is 34.7 Å². The highest BCUT2D eigenvalue weighted by molar-refractivity contribution is 5.97. The van der Waals surface area contributed by atoms with E-state index in [2.05, 4.69) is 34.1 Å². The summed E-state index contributed by atoms with van der Waals surface area (Å²) in [4.78, 5) is 33.5. The number of aromatic nitrogens is 1. The fourth-order valence-corrected chi connectivity index (χ4v) is 5.67. The standard InChI is InChI=1S/C30H46N4O5/c1-7-34(24-10-8-23(9-11-24)33(5)12-14-38-6)28-18-25(39-15-13-35)17-26(22(28)4)29(36)31-19-27-20(2)16-21(3)32-30(27)37/h16-18,23-24,35H,7-15,19H2,1-6H3,(H,31,36)(H,32,37)/t23-,24-. The lowest BCUT2D eigenvalue weighted by atomic mass is 9.88. The number of aromatic amines is 1. The van der Waals surface area contributed by atoms with Crippen LogP contribution in [0.15, 0.2) is 23.0 Å². The molecule has 0 bridgehead atoms. The summed E-state index contributed by atoms with van der Waals surface area (Å²) < 4.78 is 11.0. The molecule has 1 aliphatic carbocycles. The number of carbonyl (C=O) groups excluding carboxylic acids is 1. The molecule has 1 saturated carbocycles. The molecule has 0 spiro atoms. The van der Waals surface area contributed by atoms with Gasteiger partial charge in [-0.3, -0.25) is 9.59 Å². The Hall–Kier alpha value is -2.88. The third-order valence-corrected chi connectivity index (χ3v) is 7.91. The third kappa shape index (κ3) is 7.84. The van der Waals surface area contributed by atoms with E-state index in [1.54, 1.807) is 13.2 Å². The molecule has 1 amide bonds. The number of ether oxygens (including phenoxy) is 2. The van der Waals surface area contributed by atoms with Crippen molar-refractivity contribution in [2.75, 3.05) is 52.0 Å². The zero-order chi connectivity index (χ0) is 28.5. The number of H-pyrrole nitrogens is 1. The van der Waals surface area contributed by atoms with Gasteiger partial charge in [0.05, 0.1) is 13.2 Å². The van der Waals surface area contributed by atoms with Crippen LogP contribution < -0.4 is 20.5 Å². The molecule has 1 aromatic carbocycles. The largest absolute Gasteiger partial charge is 0.491 e. The number of benzene rings is 1. The molecule has 39 heavy (non-hydrogen) atoms. The quantitative estimate of drug-likeness (QED) is 0.357. The first-order valence-electron chi connectivity index (χ1n) is 14.0. The number of anilines is 1. The Balaban J connectivity index is 1.83. The molecule has 0 aliphatic heterocycles. The topological polar surface area (TPSA) is 107 Å². The van der Waals surface area contributed by atoms with Crippen LogP contribution in [-0.2, 0) is 11.3 Å². The first-order valence-corrected chi connectivity index (χ1v) is 14.0. The van der Waals surface area contributed by atoms with E-state index in [0.717, 1.165) is 67.9 Å². The van der Waals surface area contributed by atoms with Gasteiger partial charge in [-0.2, -0.15) is 0 Å². The second kappa shape index (κ2) is 14.5. The molecule has 9 heteroatoms. The lowest BCUT2D eigenvalue weighted by molar-refractivity contribution is 0.0949. The fourth-order valence-electron chi connectivity index (χ4n) is 5.67. The minimum atomic E-state index is -0.262. The van der Waals surface area contributed by atoms with Gasteiger partial charge in [0.25, 0.3) is 11.5 Å². The number of hydrogen-bond donors (Lipinski definition) is 3. The van der Waals surface area contributed by atoms with Crippen LogP contribution in [0.2, 0.25) is 0 Å². The van der Waals surface area contributed by atoms with Crippen LogP contribution in [0.5, 0.6) is 5.75 Å².